The number of para-hydroxylation sites is 2. The molecule has 0 saturated carbocycles. The predicted octanol–water partition coefficient (Wildman–Crippen LogP) is 3.23. The van der Waals surface area contributed by atoms with E-state index in [-0.39, 0.29) is 0 Å². The molecule has 5 nitrogen and oxygen atoms in total. The van der Waals surface area contributed by atoms with Crippen molar-refractivity contribution in [2.24, 2.45) is 0 Å². The fourth-order valence-electron chi connectivity index (χ4n) is 3.44. The lowest BCUT2D eigenvalue weighted by molar-refractivity contribution is 0.472. The summed E-state index contributed by atoms with van der Waals surface area (Å²) in [7, 11) is 0. The van der Waals surface area contributed by atoms with Crippen molar-refractivity contribution in [2.45, 2.75) is 32.2 Å². The number of anilines is 1. The highest BCUT2D eigenvalue weighted by molar-refractivity contribution is 5.75. The van der Waals surface area contributed by atoms with Crippen molar-refractivity contribution in [1.82, 2.24) is 19.5 Å². The number of aromatic nitrogens is 4. The van der Waals surface area contributed by atoms with Crippen molar-refractivity contribution >= 4 is 16.9 Å². The summed E-state index contributed by atoms with van der Waals surface area (Å²) < 4.78 is 2.25. The molecule has 1 unspecified atom stereocenters. The van der Waals surface area contributed by atoms with Gasteiger partial charge in [-0.3, -0.25) is 4.98 Å². The van der Waals surface area contributed by atoms with Crippen molar-refractivity contribution in [3.63, 3.8) is 0 Å². The summed E-state index contributed by atoms with van der Waals surface area (Å²) in [6.07, 6.45) is 8.24. The number of benzene rings is 1. The van der Waals surface area contributed by atoms with Crippen LogP contribution in [0.2, 0.25) is 0 Å². The molecule has 1 aliphatic rings. The van der Waals surface area contributed by atoms with Crippen LogP contribution in [0.15, 0.2) is 42.9 Å². The van der Waals surface area contributed by atoms with E-state index in [2.05, 4.69) is 32.6 Å². The van der Waals surface area contributed by atoms with Crippen molar-refractivity contribution in [3.8, 4) is 0 Å². The smallest absolute Gasteiger partial charge is 0.147 e. The van der Waals surface area contributed by atoms with Crippen LogP contribution in [0.25, 0.3) is 11.0 Å². The van der Waals surface area contributed by atoms with Crippen LogP contribution in [-0.2, 0) is 6.54 Å². The maximum absolute atomic E-state index is 4.79. The van der Waals surface area contributed by atoms with E-state index in [4.69, 9.17) is 4.98 Å². The molecular formula is C18H21N5. The minimum atomic E-state index is 0.465. The monoisotopic (exact) mass is 307 g/mol. The van der Waals surface area contributed by atoms with Gasteiger partial charge in [0.05, 0.1) is 17.2 Å². The zero-order valence-electron chi connectivity index (χ0n) is 13.4. The van der Waals surface area contributed by atoms with Crippen LogP contribution < -0.4 is 4.90 Å². The lowest BCUT2D eigenvalue weighted by atomic mass is 9.97. The van der Waals surface area contributed by atoms with E-state index in [9.17, 15) is 0 Å². The maximum atomic E-state index is 4.79. The molecule has 1 aromatic carbocycles. The van der Waals surface area contributed by atoms with E-state index in [1.807, 2.05) is 36.7 Å². The molecule has 3 heterocycles. The SMILES string of the molecule is CCn1ccnc1C1CCCN(c2cnc3ccccc3n2)C1. The van der Waals surface area contributed by atoms with Gasteiger partial charge < -0.3 is 9.47 Å². The zero-order chi connectivity index (χ0) is 15.6. The first-order valence-corrected chi connectivity index (χ1v) is 8.33. The van der Waals surface area contributed by atoms with E-state index in [0.29, 0.717) is 5.92 Å². The standard InChI is InChI=1S/C18H21N5/c1-2-22-11-9-19-18(22)14-6-5-10-23(13-14)17-12-20-15-7-3-4-8-16(15)21-17/h3-4,7-9,11-12,14H,2,5-6,10,13H2,1H3. The van der Waals surface area contributed by atoms with Crippen LogP contribution >= 0.6 is 0 Å². The first-order chi connectivity index (χ1) is 11.3. The summed E-state index contributed by atoms with van der Waals surface area (Å²) in [5.74, 6) is 2.64. The molecule has 1 atom stereocenters. The van der Waals surface area contributed by atoms with Gasteiger partial charge in [0.2, 0.25) is 0 Å². The molecule has 23 heavy (non-hydrogen) atoms. The van der Waals surface area contributed by atoms with Gasteiger partial charge in [0, 0.05) is 37.9 Å². The first kappa shape index (κ1) is 14.2. The average Bonchev–Trinajstić information content (AvgIpc) is 3.10. The summed E-state index contributed by atoms with van der Waals surface area (Å²) in [6, 6.07) is 8.04. The third-order valence-electron chi connectivity index (χ3n) is 4.63. The Hall–Kier alpha value is -2.43. The number of fused-ring (bicyclic) bond motifs is 1. The third kappa shape index (κ3) is 2.67. The van der Waals surface area contributed by atoms with Crippen LogP contribution in [0.1, 0.15) is 31.5 Å². The highest BCUT2D eigenvalue weighted by atomic mass is 15.2. The molecule has 0 spiro atoms. The van der Waals surface area contributed by atoms with Crippen LogP contribution in [0.3, 0.4) is 0 Å². The summed E-state index contributed by atoms with van der Waals surface area (Å²) in [5.41, 5.74) is 1.91. The number of nitrogens with zero attached hydrogens (tertiary/aromatic N) is 5. The number of piperidine rings is 1. The third-order valence-corrected chi connectivity index (χ3v) is 4.63. The Kier molecular flexibility index (Phi) is 3.69. The minimum absolute atomic E-state index is 0.465. The normalized spacial score (nSPS) is 18.5. The van der Waals surface area contributed by atoms with Gasteiger partial charge in [0.25, 0.3) is 0 Å². The van der Waals surface area contributed by atoms with E-state index in [1.54, 1.807) is 0 Å². The Morgan fingerprint density at radius 2 is 2.04 bits per heavy atom. The van der Waals surface area contributed by atoms with Crippen LogP contribution in [0, 0.1) is 0 Å². The van der Waals surface area contributed by atoms with E-state index in [0.717, 1.165) is 42.9 Å². The van der Waals surface area contributed by atoms with Gasteiger partial charge in [0.15, 0.2) is 0 Å². The molecule has 2 aromatic heterocycles. The molecule has 1 fully saturated rings. The Bertz CT molecular complexity index is 810. The highest BCUT2D eigenvalue weighted by Gasteiger charge is 2.25. The van der Waals surface area contributed by atoms with Crippen LogP contribution in [0.4, 0.5) is 5.82 Å². The van der Waals surface area contributed by atoms with Crippen LogP contribution in [-0.4, -0.2) is 32.6 Å². The molecule has 118 valence electrons. The first-order valence-electron chi connectivity index (χ1n) is 8.33. The quantitative estimate of drug-likeness (QED) is 0.745. The van der Waals surface area contributed by atoms with Gasteiger partial charge in [-0.25, -0.2) is 9.97 Å². The number of rotatable bonds is 3. The van der Waals surface area contributed by atoms with Gasteiger partial charge in [-0.15, -0.1) is 0 Å². The second kappa shape index (κ2) is 5.99. The molecule has 0 aliphatic carbocycles. The topological polar surface area (TPSA) is 46.8 Å². The van der Waals surface area contributed by atoms with Gasteiger partial charge in [-0.2, -0.15) is 0 Å². The molecule has 0 N–H and O–H groups in total. The lowest BCUT2D eigenvalue weighted by Crippen LogP contribution is -2.36. The summed E-state index contributed by atoms with van der Waals surface area (Å²) >= 11 is 0. The molecule has 0 amide bonds. The zero-order valence-corrected chi connectivity index (χ0v) is 13.4. The minimum Gasteiger partial charge on any atom is -0.355 e. The number of hydrogen-bond donors (Lipinski definition) is 0. The van der Waals surface area contributed by atoms with Crippen molar-refractivity contribution in [3.05, 3.63) is 48.7 Å². The molecule has 1 saturated heterocycles. The number of imidazole rings is 1. The van der Waals surface area contributed by atoms with Gasteiger partial charge >= 0.3 is 0 Å². The average molecular weight is 307 g/mol. The molecule has 1 aliphatic heterocycles. The predicted molar refractivity (Wildman–Crippen MR) is 91.6 cm³/mol. The summed E-state index contributed by atoms with van der Waals surface area (Å²) in [4.78, 5) is 16.3. The van der Waals surface area contributed by atoms with Crippen LogP contribution in [0.5, 0.6) is 0 Å². The highest BCUT2D eigenvalue weighted by Crippen LogP contribution is 2.28. The van der Waals surface area contributed by atoms with Crippen molar-refractivity contribution in [2.75, 3.05) is 18.0 Å². The fourth-order valence-corrected chi connectivity index (χ4v) is 3.44. The molecule has 5 heteroatoms. The maximum Gasteiger partial charge on any atom is 0.147 e. The Balaban J connectivity index is 1.61. The Morgan fingerprint density at radius 1 is 1.17 bits per heavy atom. The van der Waals surface area contributed by atoms with Gasteiger partial charge in [-0.05, 0) is 31.9 Å². The summed E-state index contributed by atoms with van der Waals surface area (Å²) in [6.45, 7) is 5.14. The molecule has 3 aromatic rings. The Labute approximate surface area is 136 Å². The second-order valence-electron chi connectivity index (χ2n) is 6.07. The van der Waals surface area contributed by atoms with Gasteiger partial charge in [-0.1, -0.05) is 12.1 Å². The van der Waals surface area contributed by atoms with E-state index < -0.39 is 0 Å². The van der Waals surface area contributed by atoms with Crippen molar-refractivity contribution in [1.29, 1.82) is 0 Å². The molecule has 0 radical (unpaired) electrons. The lowest BCUT2D eigenvalue weighted by Gasteiger charge is -2.33. The number of aryl methyl sites for hydroxylation is 1. The molecular weight excluding hydrogens is 286 g/mol. The fraction of sp³-hybridized carbons (Fsp3) is 0.389. The number of hydrogen-bond acceptors (Lipinski definition) is 4. The molecule has 4 rings (SSSR count). The van der Waals surface area contributed by atoms with E-state index in [1.165, 1.54) is 12.2 Å². The summed E-state index contributed by atoms with van der Waals surface area (Å²) in [5, 5.41) is 0. The Morgan fingerprint density at radius 3 is 2.91 bits per heavy atom. The van der Waals surface area contributed by atoms with Gasteiger partial charge in [0.1, 0.15) is 11.6 Å². The molecule has 0 bridgehead atoms. The second-order valence-corrected chi connectivity index (χ2v) is 6.07. The largest absolute Gasteiger partial charge is 0.355 e. The van der Waals surface area contributed by atoms with E-state index >= 15 is 0 Å². The van der Waals surface area contributed by atoms with Crippen molar-refractivity contribution < 1.29 is 0 Å².